The Morgan fingerprint density at radius 2 is 1.85 bits per heavy atom. The Kier molecular flexibility index (Phi) is 3.42. The zero-order valence-electron chi connectivity index (χ0n) is 11.6. The highest BCUT2D eigenvalue weighted by atomic mass is 32.1. The molecule has 3 aromatic rings. The monoisotopic (exact) mass is 283 g/mol. The Morgan fingerprint density at radius 3 is 2.50 bits per heavy atom. The molecule has 4 heteroatoms. The molecule has 3 nitrogen and oxygen atoms in total. The molecule has 0 fully saturated rings. The summed E-state index contributed by atoms with van der Waals surface area (Å²) in [4.78, 5) is 2.44. The summed E-state index contributed by atoms with van der Waals surface area (Å²) < 4.78 is 2.01. The van der Waals surface area contributed by atoms with E-state index < -0.39 is 0 Å². The van der Waals surface area contributed by atoms with Crippen LogP contribution < -0.4 is 5.73 Å². The molecule has 0 unspecified atom stereocenters. The molecule has 0 aliphatic heterocycles. The Balaban J connectivity index is 2.12. The number of thiophene rings is 1. The lowest BCUT2D eigenvalue weighted by molar-refractivity contribution is 0.834. The van der Waals surface area contributed by atoms with Crippen LogP contribution in [0, 0.1) is 13.8 Å². The normalized spacial score (nSPS) is 10.9. The van der Waals surface area contributed by atoms with Crippen molar-refractivity contribution in [1.29, 1.82) is 0 Å². The van der Waals surface area contributed by atoms with Crippen LogP contribution in [0.25, 0.3) is 16.1 Å². The highest BCUT2D eigenvalue weighted by Gasteiger charge is 2.15. The molecular weight excluding hydrogens is 266 g/mol. The van der Waals surface area contributed by atoms with Gasteiger partial charge in [-0.25, -0.2) is 4.68 Å². The average Bonchev–Trinajstić information content (AvgIpc) is 3.04. The van der Waals surface area contributed by atoms with Crippen molar-refractivity contribution in [2.75, 3.05) is 0 Å². The Bertz CT molecular complexity index is 726. The van der Waals surface area contributed by atoms with Crippen molar-refractivity contribution in [1.82, 2.24) is 9.78 Å². The highest BCUT2D eigenvalue weighted by molar-refractivity contribution is 7.15. The van der Waals surface area contributed by atoms with E-state index in [4.69, 9.17) is 5.73 Å². The van der Waals surface area contributed by atoms with Crippen molar-refractivity contribution in [2.45, 2.75) is 20.4 Å². The second-order valence-electron chi connectivity index (χ2n) is 4.76. The third-order valence-corrected chi connectivity index (χ3v) is 4.53. The highest BCUT2D eigenvalue weighted by Crippen LogP contribution is 2.33. The SMILES string of the molecule is Cc1nn(-c2ccccc2)c(C)c1-c1ccc(CN)s1. The van der Waals surface area contributed by atoms with Gasteiger partial charge in [0.25, 0.3) is 0 Å². The van der Waals surface area contributed by atoms with Crippen molar-refractivity contribution in [3.63, 3.8) is 0 Å². The first-order valence-corrected chi connectivity index (χ1v) is 7.43. The molecular formula is C16H17N3S. The molecule has 0 atom stereocenters. The van der Waals surface area contributed by atoms with Crippen molar-refractivity contribution in [3.8, 4) is 16.1 Å². The molecule has 2 heterocycles. The summed E-state index contributed by atoms with van der Waals surface area (Å²) in [7, 11) is 0. The zero-order chi connectivity index (χ0) is 14.1. The average molecular weight is 283 g/mol. The molecule has 1 aromatic carbocycles. The van der Waals surface area contributed by atoms with Crippen molar-refractivity contribution < 1.29 is 0 Å². The number of nitrogens with zero attached hydrogens (tertiary/aromatic N) is 2. The first-order valence-electron chi connectivity index (χ1n) is 6.61. The molecule has 0 radical (unpaired) electrons. The minimum atomic E-state index is 0.593. The van der Waals surface area contributed by atoms with E-state index in [2.05, 4.69) is 43.2 Å². The van der Waals surface area contributed by atoms with Gasteiger partial charge in [0, 0.05) is 21.9 Å². The third-order valence-electron chi connectivity index (χ3n) is 3.40. The van der Waals surface area contributed by atoms with E-state index in [1.807, 2.05) is 22.9 Å². The lowest BCUT2D eigenvalue weighted by Crippen LogP contribution is -1.98. The summed E-state index contributed by atoms with van der Waals surface area (Å²) in [5, 5.41) is 4.68. The molecule has 102 valence electrons. The van der Waals surface area contributed by atoms with E-state index >= 15 is 0 Å². The van der Waals surface area contributed by atoms with Gasteiger partial charge in [-0.1, -0.05) is 18.2 Å². The van der Waals surface area contributed by atoms with E-state index in [0.717, 1.165) is 11.4 Å². The first kappa shape index (κ1) is 13.1. The lowest BCUT2D eigenvalue weighted by atomic mass is 10.1. The molecule has 0 saturated heterocycles. The van der Waals surface area contributed by atoms with E-state index in [9.17, 15) is 0 Å². The van der Waals surface area contributed by atoms with Crippen molar-refractivity contribution in [2.24, 2.45) is 5.73 Å². The summed E-state index contributed by atoms with van der Waals surface area (Å²) >= 11 is 1.74. The predicted molar refractivity (Wildman–Crippen MR) is 84.2 cm³/mol. The van der Waals surface area contributed by atoms with Crippen LogP contribution in [0.15, 0.2) is 42.5 Å². The lowest BCUT2D eigenvalue weighted by Gasteiger charge is -2.04. The van der Waals surface area contributed by atoms with Gasteiger partial charge in [0.05, 0.1) is 17.1 Å². The number of para-hydroxylation sites is 1. The Morgan fingerprint density at radius 1 is 1.10 bits per heavy atom. The summed E-state index contributed by atoms with van der Waals surface area (Å²) in [6.07, 6.45) is 0. The van der Waals surface area contributed by atoms with Gasteiger partial charge in [-0.3, -0.25) is 0 Å². The maximum absolute atomic E-state index is 5.70. The molecule has 0 bridgehead atoms. The van der Waals surface area contributed by atoms with Gasteiger partial charge in [0.15, 0.2) is 0 Å². The van der Waals surface area contributed by atoms with Crippen LogP contribution in [0.5, 0.6) is 0 Å². The van der Waals surface area contributed by atoms with Crippen LogP contribution in [-0.4, -0.2) is 9.78 Å². The van der Waals surface area contributed by atoms with Crippen LogP contribution in [0.2, 0.25) is 0 Å². The molecule has 3 rings (SSSR count). The standard InChI is InChI=1S/C16H17N3S/c1-11-16(15-9-8-14(10-17)20-15)12(2)19(18-11)13-6-4-3-5-7-13/h3-9H,10,17H2,1-2H3. The van der Waals surface area contributed by atoms with E-state index in [0.29, 0.717) is 6.54 Å². The smallest absolute Gasteiger partial charge is 0.0687 e. The maximum Gasteiger partial charge on any atom is 0.0687 e. The summed E-state index contributed by atoms with van der Waals surface area (Å²) in [5.41, 5.74) is 10.2. The van der Waals surface area contributed by atoms with Gasteiger partial charge in [-0.05, 0) is 38.1 Å². The van der Waals surface area contributed by atoms with Crippen molar-refractivity contribution >= 4 is 11.3 Å². The van der Waals surface area contributed by atoms with Crippen molar-refractivity contribution in [3.05, 3.63) is 58.7 Å². The minimum absolute atomic E-state index is 0.593. The van der Waals surface area contributed by atoms with E-state index in [-0.39, 0.29) is 0 Å². The van der Waals surface area contributed by atoms with Gasteiger partial charge in [0.2, 0.25) is 0 Å². The van der Waals surface area contributed by atoms with Gasteiger partial charge in [0.1, 0.15) is 0 Å². The Hall–Kier alpha value is -1.91. The number of hydrogen-bond acceptors (Lipinski definition) is 3. The van der Waals surface area contributed by atoms with Crippen LogP contribution in [0.4, 0.5) is 0 Å². The molecule has 0 aliphatic carbocycles. The fraction of sp³-hybridized carbons (Fsp3) is 0.188. The van der Waals surface area contributed by atoms with E-state index in [1.165, 1.54) is 21.0 Å². The minimum Gasteiger partial charge on any atom is -0.326 e. The molecule has 20 heavy (non-hydrogen) atoms. The number of benzene rings is 1. The third kappa shape index (κ3) is 2.17. The number of hydrogen-bond donors (Lipinski definition) is 1. The first-order chi connectivity index (χ1) is 9.70. The van der Waals surface area contributed by atoms with Crippen LogP contribution in [0.1, 0.15) is 16.3 Å². The quantitative estimate of drug-likeness (QED) is 0.797. The number of rotatable bonds is 3. The predicted octanol–water partition coefficient (Wildman–Crippen LogP) is 3.68. The van der Waals surface area contributed by atoms with Crippen LogP contribution in [-0.2, 0) is 6.54 Å². The maximum atomic E-state index is 5.70. The van der Waals surface area contributed by atoms with Gasteiger partial charge in [-0.15, -0.1) is 11.3 Å². The Labute approximate surface area is 122 Å². The summed E-state index contributed by atoms with van der Waals surface area (Å²) in [5.74, 6) is 0. The zero-order valence-corrected chi connectivity index (χ0v) is 12.4. The summed E-state index contributed by atoms with van der Waals surface area (Å²) in [6, 6.07) is 14.5. The van der Waals surface area contributed by atoms with Crippen LogP contribution in [0.3, 0.4) is 0 Å². The largest absolute Gasteiger partial charge is 0.326 e. The molecule has 0 amide bonds. The summed E-state index contributed by atoms with van der Waals surface area (Å²) in [6.45, 7) is 4.77. The molecule has 0 spiro atoms. The fourth-order valence-electron chi connectivity index (χ4n) is 2.44. The van der Waals surface area contributed by atoms with Crippen LogP contribution >= 0.6 is 11.3 Å². The fourth-order valence-corrected chi connectivity index (χ4v) is 3.48. The number of nitrogens with two attached hydrogens (primary N) is 1. The second-order valence-corrected chi connectivity index (χ2v) is 5.93. The molecule has 2 N–H and O–H groups in total. The number of aryl methyl sites for hydroxylation is 1. The molecule has 2 aromatic heterocycles. The van der Waals surface area contributed by atoms with E-state index in [1.54, 1.807) is 11.3 Å². The number of aromatic nitrogens is 2. The topological polar surface area (TPSA) is 43.8 Å². The van der Waals surface area contributed by atoms with Gasteiger partial charge >= 0.3 is 0 Å². The molecule has 0 saturated carbocycles. The molecule has 0 aliphatic rings. The second kappa shape index (κ2) is 5.23. The van der Waals surface area contributed by atoms with Gasteiger partial charge in [-0.2, -0.15) is 5.10 Å². The van der Waals surface area contributed by atoms with Gasteiger partial charge < -0.3 is 5.73 Å².